The summed E-state index contributed by atoms with van der Waals surface area (Å²) >= 11 is -0.153. The molecule has 2 bridgehead atoms. The van der Waals surface area contributed by atoms with Gasteiger partial charge in [-0.25, -0.2) is 14.4 Å². The van der Waals surface area contributed by atoms with Crippen molar-refractivity contribution in [3.8, 4) is 0 Å². The van der Waals surface area contributed by atoms with Crippen LogP contribution in [0.2, 0.25) is 18.1 Å². The number of hydrogen-bond donors (Lipinski definition) is 1. The van der Waals surface area contributed by atoms with Crippen molar-refractivity contribution in [2.45, 2.75) is 118 Å². The van der Waals surface area contributed by atoms with Gasteiger partial charge in [-0.05, 0) is 88.1 Å². The molecule has 1 unspecified atom stereocenters. The third-order valence-corrected chi connectivity index (χ3v) is 17.7. The lowest BCUT2D eigenvalue weighted by atomic mass is 9.92. The van der Waals surface area contributed by atoms with Gasteiger partial charge in [0.1, 0.15) is 16.3 Å². The molecule has 1 fully saturated rings. The first kappa shape index (κ1) is 43.7. The Balaban J connectivity index is 1.64. The van der Waals surface area contributed by atoms with E-state index >= 15 is 0 Å². The predicted molar refractivity (Wildman–Crippen MR) is 223 cm³/mol. The first-order valence-corrected chi connectivity index (χ1v) is 24.0. The van der Waals surface area contributed by atoms with Crippen molar-refractivity contribution in [1.82, 2.24) is 4.72 Å². The molecule has 10 nitrogen and oxygen atoms in total. The number of ether oxygens (including phenoxy) is 4. The molecular formula is C43H55NO9S2Si. The Hall–Kier alpha value is -3.43. The zero-order valence-electron chi connectivity index (χ0n) is 33.5. The Kier molecular flexibility index (Phi) is 14.7. The second kappa shape index (κ2) is 18.9. The maximum atomic E-state index is 14.0. The molecule has 0 aliphatic carbocycles. The van der Waals surface area contributed by atoms with Gasteiger partial charge in [-0.3, -0.25) is 0 Å². The number of thioether (sulfide) groups is 1. The Bertz CT molecular complexity index is 1780. The highest BCUT2D eigenvalue weighted by Crippen LogP contribution is 2.42. The fraction of sp³-hybridized carbons (Fsp3) is 0.465. The summed E-state index contributed by atoms with van der Waals surface area (Å²) in [5.41, 5.74) is -0.124. The van der Waals surface area contributed by atoms with Crippen LogP contribution in [-0.4, -0.2) is 83.3 Å². The van der Waals surface area contributed by atoms with Crippen molar-refractivity contribution in [2.75, 3.05) is 6.61 Å². The third kappa shape index (κ3) is 11.4. The van der Waals surface area contributed by atoms with Crippen LogP contribution in [0.4, 0.5) is 0 Å². The minimum absolute atomic E-state index is 0.0299. The first-order chi connectivity index (χ1) is 26.4. The van der Waals surface area contributed by atoms with Crippen LogP contribution in [0.3, 0.4) is 0 Å². The average Bonchev–Trinajstić information content (AvgIpc) is 3.16. The number of nitrogens with one attached hydrogen (secondary N) is 1. The third-order valence-electron chi connectivity index (χ3n) is 10.2. The van der Waals surface area contributed by atoms with Crippen molar-refractivity contribution < 1.29 is 42.3 Å². The zero-order chi connectivity index (χ0) is 40.7. The second-order valence-electron chi connectivity index (χ2n) is 16.6. The first-order valence-electron chi connectivity index (χ1n) is 19.0. The molecule has 5 rings (SSSR count). The summed E-state index contributed by atoms with van der Waals surface area (Å²) < 4.78 is 49.1. The fourth-order valence-corrected chi connectivity index (χ4v) is 9.22. The molecule has 2 aliphatic rings. The molecule has 8 atom stereocenters. The Morgan fingerprint density at radius 2 is 1.18 bits per heavy atom. The number of esters is 3. The molecule has 13 heteroatoms. The molecule has 3 aromatic rings. The van der Waals surface area contributed by atoms with Gasteiger partial charge in [-0.15, -0.1) is 16.5 Å². The smallest absolute Gasteiger partial charge is 0.338 e. The molecule has 0 amide bonds. The van der Waals surface area contributed by atoms with E-state index < -0.39 is 78.2 Å². The highest BCUT2D eigenvalue weighted by Gasteiger charge is 2.56. The van der Waals surface area contributed by atoms with Gasteiger partial charge in [0.25, 0.3) is 0 Å². The average molecular weight is 822 g/mol. The van der Waals surface area contributed by atoms with E-state index in [0.717, 1.165) is 0 Å². The maximum absolute atomic E-state index is 14.0. The summed E-state index contributed by atoms with van der Waals surface area (Å²) in [7, 11) is -2.18. The summed E-state index contributed by atoms with van der Waals surface area (Å²) in [5.74, 6) is -2.06. The summed E-state index contributed by atoms with van der Waals surface area (Å²) in [6, 6.07) is 24.8. The van der Waals surface area contributed by atoms with Crippen molar-refractivity contribution in [1.29, 1.82) is 0 Å². The molecule has 0 saturated carbocycles. The van der Waals surface area contributed by atoms with Gasteiger partial charge < -0.3 is 27.9 Å². The molecular weight excluding hydrogens is 767 g/mol. The van der Waals surface area contributed by atoms with Crippen LogP contribution >= 0.6 is 11.8 Å². The van der Waals surface area contributed by atoms with Crippen molar-refractivity contribution in [3.63, 3.8) is 0 Å². The normalized spacial score (nSPS) is 25.1. The van der Waals surface area contributed by atoms with E-state index in [0.29, 0.717) is 19.4 Å². The van der Waals surface area contributed by atoms with E-state index in [2.05, 4.69) is 44.7 Å². The summed E-state index contributed by atoms with van der Waals surface area (Å²) in [6.45, 7) is 16.9. The number of hydrogen-bond acceptors (Lipinski definition) is 11. The Morgan fingerprint density at radius 3 is 1.64 bits per heavy atom. The van der Waals surface area contributed by atoms with Crippen LogP contribution in [0.5, 0.6) is 0 Å². The van der Waals surface area contributed by atoms with Gasteiger partial charge in [-0.2, -0.15) is 0 Å². The van der Waals surface area contributed by atoms with Crippen LogP contribution in [0.15, 0.2) is 103 Å². The molecule has 0 aromatic heterocycles. The topological polar surface area (TPSA) is 132 Å². The quantitative estimate of drug-likeness (QED) is 0.0659. The van der Waals surface area contributed by atoms with Crippen molar-refractivity contribution in [3.05, 3.63) is 120 Å². The lowest BCUT2D eigenvalue weighted by molar-refractivity contribution is -0.205. The van der Waals surface area contributed by atoms with Gasteiger partial charge in [0.05, 0.1) is 22.7 Å². The van der Waals surface area contributed by atoms with Crippen molar-refractivity contribution >= 4 is 49.3 Å². The number of benzene rings is 3. The molecule has 56 heavy (non-hydrogen) atoms. The predicted octanol–water partition coefficient (Wildman–Crippen LogP) is 8.28. The van der Waals surface area contributed by atoms with Crippen molar-refractivity contribution in [2.24, 2.45) is 0 Å². The SMILES string of the molecule is CC(C)(C)[S@@+]([O-])N[C@@H]1CC=CCC(CO[Si](C)(C)C(C)(C)C)S[C@H]2O[C@H]1[C@H](OC(=O)c1ccccc1)[C@H](OC(=O)c1ccccc1)[C@H]2OC(=O)c1ccccc1. The van der Waals surface area contributed by atoms with E-state index in [1.54, 1.807) is 91.0 Å². The summed E-state index contributed by atoms with van der Waals surface area (Å²) in [4.78, 5) is 42.0. The molecule has 0 radical (unpaired) electrons. The minimum Gasteiger partial charge on any atom is -0.598 e. The van der Waals surface area contributed by atoms with Gasteiger partial charge in [0.15, 0.2) is 26.6 Å². The lowest BCUT2D eigenvalue weighted by Gasteiger charge is -2.48. The molecule has 0 spiro atoms. The molecule has 1 N–H and O–H groups in total. The lowest BCUT2D eigenvalue weighted by Crippen LogP contribution is -2.66. The van der Waals surface area contributed by atoms with E-state index in [4.69, 9.17) is 23.4 Å². The van der Waals surface area contributed by atoms with Crippen LogP contribution in [0.25, 0.3) is 0 Å². The molecule has 302 valence electrons. The van der Waals surface area contributed by atoms with Crippen LogP contribution in [0.1, 0.15) is 85.5 Å². The molecule has 3 aromatic carbocycles. The molecule has 2 heterocycles. The van der Waals surface area contributed by atoms with E-state index in [9.17, 15) is 18.9 Å². The minimum atomic E-state index is -2.18. The highest BCUT2D eigenvalue weighted by molar-refractivity contribution is 8.00. The van der Waals surface area contributed by atoms with Crippen LogP contribution < -0.4 is 4.72 Å². The van der Waals surface area contributed by atoms with Crippen LogP contribution in [0, 0.1) is 0 Å². The maximum Gasteiger partial charge on any atom is 0.338 e. The monoisotopic (exact) mass is 821 g/mol. The number of allylic oxidation sites excluding steroid dienone is 1. The Labute approximate surface area is 339 Å². The van der Waals surface area contributed by atoms with Gasteiger partial charge >= 0.3 is 17.9 Å². The van der Waals surface area contributed by atoms with Crippen LogP contribution in [-0.2, 0) is 34.7 Å². The molecule has 1 saturated heterocycles. The molecule has 2 aliphatic heterocycles. The summed E-state index contributed by atoms with van der Waals surface area (Å²) in [5, 5.41) is -0.191. The standard InChI is InChI=1S/C43H55NO9S2Si/c1-42(2,3)55(48)44-33-27-19-18-26-32(28-49-56(7,8)43(4,5)6)54-41-37(52-40(47)31-24-16-11-17-25-31)36(51-39(46)30-22-14-10-15-23-30)35(34(33)53-41)50-38(45)29-20-12-9-13-21-29/h9-25,32-37,41,44H,26-28H2,1-8H3/t32?,33-,34-,35+,36+,37-,41-,55-/m1/s1. The largest absolute Gasteiger partial charge is 0.598 e. The van der Waals surface area contributed by atoms with Gasteiger partial charge in [0, 0.05) is 23.2 Å². The number of rotatable bonds is 11. The van der Waals surface area contributed by atoms with E-state index in [1.807, 2.05) is 26.8 Å². The summed E-state index contributed by atoms with van der Waals surface area (Å²) in [6.07, 6.45) is 0.0808. The second-order valence-corrected chi connectivity index (χ2v) is 24.8. The van der Waals surface area contributed by atoms with E-state index in [-0.39, 0.29) is 27.0 Å². The van der Waals surface area contributed by atoms with Gasteiger partial charge in [0.2, 0.25) is 0 Å². The fourth-order valence-electron chi connectivity index (χ4n) is 5.89. The zero-order valence-corrected chi connectivity index (χ0v) is 36.1. The number of fused-ring (bicyclic) bond motifs is 2. The van der Waals surface area contributed by atoms with E-state index in [1.165, 1.54) is 11.8 Å². The number of carbonyl (C=O) groups is 3. The van der Waals surface area contributed by atoms with Gasteiger partial charge in [-0.1, -0.05) is 87.5 Å². The highest BCUT2D eigenvalue weighted by atomic mass is 32.2. The number of carbonyl (C=O) groups excluding carboxylic acids is 3. The Morgan fingerprint density at radius 1 is 0.732 bits per heavy atom.